The monoisotopic (exact) mass is 179 g/mol. The molecule has 0 spiro atoms. The van der Waals surface area contributed by atoms with E-state index in [-0.39, 0.29) is 5.78 Å². The van der Waals surface area contributed by atoms with Gasteiger partial charge in [-0.05, 0) is 12.2 Å². The van der Waals surface area contributed by atoms with Gasteiger partial charge in [-0.25, -0.2) is 4.98 Å². The summed E-state index contributed by atoms with van der Waals surface area (Å²) < 4.78 is 0. The number of hydrogen-bond donors (Lipinski definition) is 0. The van der Waals surface area contributed by atoms with E-state index in [1.54, 1.807) is 12.2 Å². The predicted molar refractivity (Wildman–Crippen MR) is 52.3 cm³/mol. The fraction of sp³-hybridized carbons (Fsp3) is 0.111. The zero-order chi connectivity index (χ0) is 9.14. The second-order valence-electron chi connectivity index (χ2n) is 2.23. The van der Waals surface area contributed by atoms with Gasteiger partial charge in [0.2, 0.25) is 0 Å². The second kappa shape index (κ2) is 3.45. The van der Waals surface area contributed by atoms with E-state index >= 15 is 0 Å². The van der Waals surface area contributed by atoms with Crippen molar-refractivity contribution >= 4 is 29.3 Å². The van der Waals surface area contributed by atoms with Crippen molar-refractivity contribution in [1.82, 2.24) is 4.98 Å². The van der Waals surface area contributed by atoms with Crippen molar-refractivity contribution in [2.45, 2.75) is 6.92 Å². The van der Waals surface area contributed by atoms with Gasteiger partial charge in [0.15, 0.2) is 10.8 Å². The number of ketones is 1. The van der Waals surface area contributed by atoms with Crippen LogP contribution in [0.2, 0.25) is 0 Å². The van der Waals surface area contributed by atoms with Gasteiger partial charge in [0.25, 0.3) is 0 Å². The molecule has 1 aromatic heterocycles. The average Bonchev–Trinajstić information content (AvgIpc) is 2.46. The summed E-state index contributed by atoms with van der Waals surface area (Å²) in [5.41, 5.74) is 0.736. The molecule has 2 nitrogen and oxygen atoms in total. The minimum Gasteiger partial charge on any atom is -0.292 e. The van der Waals surface area contributed by atoms with Crippen LogP contribution in [0.1, 0.15) is 27.3 Å². The van der Waals surface area contributed by atoms with Crippen LogP contribution in [0.15, 0.2) is 13.2 Å². The summed E-state index contributed by atoms with van der Waals surface area (Å²) in [5.74, 6) is -0.0174. The topological polar surface area (TPSA) is 30.0 Å². The first-order valence-corrected chi connectivity index (χ1v) is 4.27. The van der Waals surface area contributed by atoms with E-state index in [1.807, 2.05) is 0 Å². The Hall–Kier alpha value is -1.22. The highest BCUT2D eigenvalue weighted by Gasteiger charge is 2.08. The third kappa shape index (κ3) is 1.51. The fourth-order valence-electron chi connectivity index (χ4n) is 0.787. The SMILES string of the molecule is C=Cc1nc(C(C)=O)sc1C=C. The molecule has 0 aromatic carbocycles. The zero-order valence-corrected chi connectivity index (χ0v) is 7.65. The number of rotatable bonds is 3. The lowest BCUT2D eigenvalue weighted by molar-refractivity contribution is 0.101. The van der Waals surface area contributed by atoms with Gasteiger partial charge < -0.3 is 0 Å². The highest BCUT2D eigenvalue weighted by Crippen LogP contribution is 2.20. The van der Waals surface area contributed by atoms with Crippen LogP contribution in [0.4, 0.5) is 0 Å². The summed E-state index contributed by atoms with van der Waals surface area (Å²) in [7, 11) is 0. The molecule has 0 saturated heterocycles. The maximum atomic E-state index is 10.9. The summed E-state index contributed by atoms with van der Waals surface area (Å²) >= 11 is 1.34. The first kappa shape index (κ1) is 8.87. The number of aromatic nitrogens is 1. The van der Waals surface area contributed by atoms with Crippen LogP contribution in [0.3, 0.4) is 0 Å². The van der Waals surface area contributed by atoms with Gasteiger partial charge in [0, 0.05) is 6.92 Å². The lowest BCUT2D eigenvalue weighted by Crippen LogP contribution is -1.89. The molecule has 0 unspecified atom stereocenters. The number of carbonyl (C=O) groups is 1. The van der Waals surface area contributed by atoms with E-state index in [2.05, 4.69) is 18.1 Å². The predicted octanol–water partition coefficient (Wildman–Crippen LogP) is 2.63. The van der Waals surface area contributed by atoms with E-state index in [0.717, 1.165) is 10.6 Å². The molecule has 0 N–H and O–H groups in total. The summed E-state index contributed by atoms with van der Waals surface area (Å²) in [6, 6.07) is 0. The van der Waals surface area contributed by atoms with Gasteiger partial charge >= 0.3 is 0 Å². The molecule has 0 fully saturated rings. The smallest absolute Gasteiger partial charge is 0.188 e. The van der Waals surface area contributed by atoms with Crippen LogP contribution < -0.4 is 0 Å². The Balaban J connectivity index is 3.22. The minimum absolute atomic E-state index is 0.0174. The van der Waals surface area contributed by atoms with Crippen LogP contribution in [-0.4, -0.2) is 10.8 Å². The first-order valence-electron chi connectivity index (χ1n) is 3.45. The first-order chi connectivity index (χ1) is 5.69. The van der Waals surface area contributed by atoms with E-state index < -0.39 is 0 Å². The lowest BCUT2D eigenvalue weighted by atomic mass is 10.3. The van der Waals surface area contributed by atoms with Crippen molar-refractivity contribution < 1.29 is 4.79 Å². The molecule has 0 bridgehead atoms. The number of hydrogen-bond acceptors (Lipinski definition) is 3. The Morgan fingerprint density at radius 1 is 1.50 bits per heavy atom. The molecule has 0 saturated carbocycles. The fourth-order valence-corrected chi connectivity index (χ4v) is 1.60. The molecular formula is C9H9NOS. The van der Waals surface area contributed by atoms with Crippen molar-refractivity contribution in [3.8, 4) is 0 Å². The van der Waals surface area contributed by atoms with E-state index in [9.17, 15) is 4.79 Å². The molecule has 0 aliphatic carbocycles. The van der Waals surface area contributed by atoms with Crippen molar-refractivity contribution in [2.75, 3.05) is 0 Å². The molecule has 0 radical (unpaired) electrons. The molecule has 3 heteroatoms. The maximum Gasteiger partial charge on any atom is 0.188 e. The van der Waals surface area contributed by atoms with Gasteiger partial charge in [-0.15, -0.1) is 11.3 Å². The standard InChI is InChI=1S/C9H9NOS/c1-4-7-8(5-2)12-9(10-7)6(3)11/h4-5H,1-2H2,3H3. The van der Waals surface area contributed by atoms with Crippen molar-refractivity contribution in [2.24, 2.45) is 0 Å². The van der Waals surface area contributed by atoms with Gasteiger partial charge in [0.05, 0.1) is 10.6 Å². The lowest BCUT2D eigenvalue weighted by Gasteiger charge is -1.83. The number of Topliss-reactive ketones (excluding diaryl/α,β-unsaturated/α-hetero) is 1. The zero-order valence-electron chi connectivity index (χ0n) is 6.83. The summed E-state index contributed by atoms with van der Waals surface area (Å²) in [6.45, 7) is 8.72. The minimum atomic E-state index is -0.0174. The molecule has 0 atom stereocenters. The molecule has 1 rings (SSSR count). The van der Waals surface area contributed by atoms with Crippen LogP contribution in [-0.2, 0) is 0 Å². The highest BCUT2D eigenvalue weighted by molar-refractivity contribution is 7.14. The van der Waals surface area contributed by atoms with Crippen molar-refractivity contribution in [1.29, 1.82) is 0 Å². The summed E-state index contributed by atoms with van der Waals surface area (Å²) in [6.07, 6.45) is 3.31. The Morgan fingerprint density at radius 3 is 2.50 bits per heavy atom. The average molecular weight is 179 g/mol. The normalized spacial score (nSPS) is 9.42. The highest BCUT2D eigenvalue weighted by atomic mass is 32.1. The number of carbonyl (C=O) groups excluding carboxylic acids is 1. The largest absolute Gasteiger partial charge is 0.292 e. The van der Waals surface area contributed by atoms with Crippen LogP contribution in [0.5, 0.6) is 0 Å². The third-order valence-electron chi connectivity index (χ3n) is 1.36. The Bertz CT molecular complexity index is 313. The van der Waals surface area contributed by atoms with E-state index in [4.69, 9.17) is 0 Å². The van der Waals surface area contributed by atoms with Gasteiger partial charge in [-0.2, -0.15) is 0 Å². The van der Waals surface area contributed by atoms with E-state index in [0.29, 0.717) is 5.01 Å². The van der Waals surface area contributed by atoms with Crippen molar-refractivity contribution in [3.63, 3.8) is 0 Å². The van der Waals surface area contributed by atoms with Crippen LogP contribution in [0, 0.1) is 0 Å². The molecule has 0 aliphatic heterocycles. The summed E-state index contributed by atoms with van der Waals surface area (Å²) in [5, 5.41) is 0.514. The molecule has 0 amide bonds. The molecule has 0 aliphatic rings. The van der Waals surface area contributed by atoms with Crippen molar-refractivity contribution in [3.05, 3.63) is 28.7 Å². The molecule has 12 heavy (non-hydrogen) atoms. The quantitative estimate of drug-likeness (QED) is 0.667. The third-order valence-corrected chi connectivity index (χ3v) is 2.53. The van der Waals surface area contributed by atoms with Gasteiger partial charge in [-0.3, -0.25) is 4.79 Å². The van der Waals surface area contributed by atoms with Gasteiger partial charge in [-0.1, -0.05) is 13.2 Å². The number of nitrogens with zero attached hydrogens (tertiary/aromatic N) is 1. The molecular weight excluding hydrogens is 170 g/mol. The molecule has 62 valence electrons. The Labute approximate surface area is 75.3 Å². The molecule has 1 heterocycles. The maximum absolute atomic E-state index is 10.9. The van der Waals surface area contributed by atoms with Crippen LogP contribution >= 0.6 is 11.3 Å². The van der Waals surface area contributed by atoms with E-state index in [1.165, 1.54) is 18.3 Å². The molecule has 1 aromatic rings. The number of thiazole rings is 1. The van der Waals surface area contributed by atoms with Crippen LogP contribution in [0.25, 0.3) is 12.2 Å². The Kier molecular flexibility index (Phi) is 2.55. The Morgan fingerprint density at radius 2 is 2.17 bits per heavy atom. The summed E-state index contributed by atoms with van der Waals surface area (Å²) in [4.78, 5) is 15.9. The second-order valence-corrected chi connectivity index (χ2v) is 3.26. The van der Waals surface area contributed by atoms with Gasteiger partial charge in [0.1, 0.15) is 0 Å².